The highest BCUT2D eigenvalue weighted by Crippen LogP contribution is 2.35. The number of benzene rings is 1. The molecule has 0 aliphatic carbocycles. The van der Waals surface area contributed by atoms with Crippen LogP contribution in [0.4, 0.5) is 24.5 Å². The average Bonchev–Trinajstić information content (AvgIpc) is 2.72. The van der Waals surface area contributed by atoms with E-state index in [0.29, 0.717) is 12.0 Å². The molecule has 0 saturated heterocycles. The van der Waals surface area contributed by atoms with Crippen molar-refractivity contribution in [3.63, 3.8) is 0 Å². The van der Waals surface area contributed by atoms with E-state index in [4.69, 9.17) is 5.73 Å². The molecule has 0 radical (unpaired) electrons. The number of alkyl halides is 3. The van der Waals surface area contributed by atoms with E-state index in [1.54, 1.807) is 12.1 Å². The number of nitrogens with one attached hydrogen (secondary N) is 1. The summed E-state index contributed by atoms with van der Waals surface area (Å²) in [6.45, 7) is -1.52. The van der Waals surface area contributed by atoms with Gasteiger partial charge in [-0.3, -0.25) is 4.31 Å². The van der Waals surface area contributed by atoms with Crippen molar-refractivity contribution in [3.8, 4) is 0 Å². The van der Waals surface area contributed by atoms with Crippen LogP contribution in [-0.4, -0.2) is 27.7 Å². The van der Waals surface area contributed by atoms with Crippen LogP contribution in [0.5, 0.6) is 0 Å². The minimum absolute atomic E-state index is 0.0801. The van der Waals surface area contributed by atoms with Crippen molar-refractivity contribution in [1.82, 2.24) is 4.72 Å². The van der Waals surface area contributed by atoms with E-state index < -0.39 is 22.9 Å². The molecule has 1 heterocycles. The van der Waals surface area contributed by atoms with Crippen molar-refractivity contribution < 1.29 is 21.6 Å². The molecule has 0 amide bonds. The van der Waals surface area contributed by atoms with Crippen LogP contribution in [-0.2, 0) is 16.6 Å². The Morgan fingerprint density at radius 2 is 2.05 bits per heavy atom. The molecule has 0 saturated carbocycles. The van der Waals surface area contributed by atoms with Crippen LogP contribution >= 0.6 is 0 Å². The summed E-state index contributed by atoms with van der Waals surface area (Å²) in [5.41, 5.74) is 6.88. The number of anilines is 2. The number of nitrogens with two attached hydrogens (primary N) is 1. The maximum atomic E-state index is 12.1. The van der Waals surface area contributed by atoms with Gasteiger partial charge >= 0.3 is 16.4 Å². The number of nitrogen functional groups attached to an aromatic ring is 1. The third-order valence-corrected chi connectivity index (χ3v) is 4.18. The number of rotatable bonds is 3. The number of para-hydroxylation sites is 1. The predicted octanol–water partition coefficient (Wildman–Crippen LogP) is 1.03. The highest BCUT2D eigenvalue weighted by atomic mass is 32.2. The first-order valence-corrected chi connectivity index (χ1v) is 6.86. The smallest absolute Gasteiger partial charge is 0.397 e. The monoisotopic (exact) mass is 295 g/mol. The topological polar surface area (TPSA) is 75.4 Å². The van der Waals surface area contributed by atoms with E-state index in [9.17, 15) is 21.6 Å². The van der Waals surface area contributed by atoms with E-state index in [-0.39, 0.29) is 17.9 Å². The minimum atomic E-state index is -4.60. The second-order valence-electron chi connectivity index (χ2n) is 4.12. The van der Waals surface area contributed by atoms with E-state index >= 15 is 0 Å². The van der Waals surface area contributed by atoms with Crippen molar-refractivity contribution >= 4 is 21.6 Å². The van der Waals surface area contributed by atoms with Gasteiger partial charge in [-0.15, -0.1) is 0 Å². The molecule has 3 N–H and O–H groups in total. The molecule has 1 aromatic rings. The summed E-state index contributed by atoms with van der Waals surface area (Å²) in [5.74, 6) is 0. The third kappa shape index (κ3) is 2.92. The lowest BCUT2D eigenvalue weighted by molar-refractivity contribution is -0.121. The number of hydrogen-bond acceptors (Lipinski definition) is 3. The van der Waals surface area contributed by atoms with Gasteiger partial charge in [0.15, 0.2) is 0 Å². The first-order valence-electron chi connectivity index (χ1n) is 5.42. The zero-order valence-electron chi connectivity index (χ0n) is 9.74. The Bertz CT molecular complexity index is 586. The normalized spacial score (nSPS) is 15.6. The molecule has 0 spiro atoms. The molecule has 2 rings (SSSR count). The van der Waals surface area contributed by atoms with E-state index in [1.165, 1.54) is 10.8 Å². The summed E-state index contributed by atoms with van der Waals surface area (Å²) >= 11 is 0. The lowest BCUT2D eigenvalue weighted by atomic mass is 10.1. The average molecular weight is 295 g/mol. The molecule has 9 heteroatoms. The van der Waals surface area contributed by atoms with E-state index in [2.05, 4.69) is 0 Å². The van der Waals surface area contributed by atoms with E-state index in [1.807, 2.05) is 0 Å². The highest BCUT2D eigenvalue weighted by molar-refractivity contribution is 7.90. The van der Waals surface area contributed by atoms with Crippen LogP contribution in [0.2, 0.25) is 0 Å². The van der Waals surface area contributed by atoms with Crippen LogP contribution < -0.4 is 14.8 Å². The largest absolute Gasteiger partial charge is 0.402 e. The molecule has 5 nitrogen and oxygen atoms in total. The Labute approximate surface area is 108 Å². The zero-order chi connectivity index (χ0) is 14.3. The Kier molecular flexibility index (Phi) is 3.35. The molecule has 19 heavy (non-hydrogen) atoms. The minimum Gasteiger partial charge on any atom is -0.397 e. The number of nitrogens with zero attached hydrogens (tertiary/aromatic N) is 1. The first-order chi connectivity index (χ1) is 8.71. The Morgan fingerprint density at radius 3 is 2.68 bits per heavy atom. The Hall–Kier alpha value is -1.48. The SMILES string of the molecule is Nc1cccc2c1N(S(=O)(=O)NCC(F)(F)F)CC2. The summed E-state index contributed by atoms with van der Waals surface area (Å²) in [4.78, 5) is 0. The molecule has 0 aromatic heterocycles. The van der Waals surface area contributed by atoms with Crippen LogP contribution in [0.25, 0.3) is 0 Å². The molecule has 0 fully saturated rings. The van der Waals surface area contributed by atoms with Gasteiger partial charge in [0.2, 0.25) is 0 Å². The van der Waals surface area contributed by atoms with Gasteiger partial charge in [0.05, 0.1) is 11.4 Å². The summed E-state index contributed by atoms with van der Waals surface area (Å²) in [6, 6.07) is 4.88. The molecule has 0 atom stereocenters. The highest BCUT2D eigenvalue weighted by Gasteiger charge is 2.35. The maximum Gasteiger partial charge on any atom is 0.402 e. The maximum absolute atomic E-state index is 12.1. The van der Waals surface area contributed by atoms with Gasteiger partial charge in [-0.05, 0) is 18.1 Å². The molecule has 106 valence electrons. The van der Waals surface area contributed by atoms with Crippen molar-refractivity contribution in [2.24, 2.45) is 0 Å². The second kappa shape index (κ2) is 4.57. The summed E-state index contributed by atoms with van der Waals surface area (Å²) in [5, 5.41) is 0. The fourth-order valence-electron chi connectivity index (χ4n) is 1.94. The fraction of sp³-hybridized carbons (Fsp3) is 0.400. The van der Waals surface area contributed by atoms with Gasteiger partial charge in [0.25, 0.3) is 0 Å². The van der Waals surface area contributed by atoms with Gasteiger partial charge in [-0.1, -0.05) is 12.1 Å². The molecule has 0 unspecified atom stereocenters. The number of hydrogen-bond donors (Lipinski definition) is 2. The first kappa shape index (κ1) is 13.9. The summed E-state index contributed by atoms with van der Waals surface area (Å²) < 4.78 is 62.3. The molecule has 1 aromatic carbocycles. The lowest BCUT2D eigenvalue weighted by Gasteiger charge is -2.21. The van der Waals surface area contributed by atoms with Crippen LogP contribution in [0.3, 0.4) is 0 Å². The van der Waals surface area contributed by atoms with Crippen LogP contribution in [0.15, 0.2) is 18.2 Å². The molecule has 0 bridgehead atoms. The molecular weight excluding hydrogens is 283 g/mol. The summed E-state index contributed by atoms with van der Waals surface area (Å²) in [7, 11) is -4.25. The zero-order valence-corrected chi connectivity index (χ0v) is 10.6. The lowest BCUT2D eigenvalue weighted by Crippen LogP contribution is -2.43. The standard InChI is InChI=1S/C10H12F3N3O2S/c11-10(12,13)6-15-19(17,18)16-5-4-7-2-1-3-8(14)9(7)16/h1-3,15H,4-6,14H2. The van der Waals surface area contributed by atoms with Gasteiger partial charge in [0, 0.05) is 6.54 Å². The molecule has 1 aliphatic heterocycles. The molecule has 1 aliphatic rings. The van der Waals surface area contributed by atoms with Crippen molar-refractivity contribution in [2.45, 2.75) is 12.6 Å². The van der Waals surface area contributed by atoms with Crippen molar-refractivity contribution in [1.29, 1.82) is 0 Å². The molecular formula is C10H12F3N3O2S. The Balaban J connectivity index is 2.26. The van der Waals surface area contributed by atoms with Crippen molar-refractivity contribution in [2.75, 3.05) is 23.1 Å². The predicted molar refractivity (Wildman–Crippen MR) is 64.9 cm³/mol. The van der Waals surface area contributed by atoms with Gasteiger partial charge in [-0.2, -0.15) is 26.3 Å². The van der Waals surface area contributed by atoms with Crippen molar-refractivity contribution in [3.05, 3.63) is 23.8 Å². The summed E-state index contributed by atoms with van der Waals surface area (Å²) in [6.07, 6.45) is -4.18. The van der Waals surface area contributed by atoms with Gasteiger partial charge in [-0.25, -0.2) is 0 Å². The number of fused-ring (bicyclic) bond motifs is 1. The fourth-order valence-corrected chi connectivity index (χ4v) is 3.24. The van der Waals surface area contributed by atoms with E-state index in [0.717, 1.165) is 4.31 Å². The number of halogens is 3. The quantitative estimate of drug-likeness (QED) is 0.818. The Morgan fingerprint density at radius 1 is 1.37 bits per heavy atom. The van der Waals surface area contributed by atoms with Crippen LogP contribution in [0.1, 0.15) is 5.56 Å². The van der Waals surface area contributed by atoms with Gasteiger partial charge in [0.1, 0.15) is 6.54 Å². The second-order valence-corrected chi connectivity index (χ2v) is 5.80. The van der Waals surface area contributed by atoms with Crippen LogP contribution in [0, 0.1) is 0 Å². The van der Waals surface area contributed by atoms with Gasteiger partial charge < -0.3 is 5.73 Å². The third-order valence-electron chi connectivity index (χ3n) is 2.73.